The molecular weight excluding hydrogens is 178 g/mol. The monoisotopic (exact) mass is 193 g/mol. The molecule has 0 bridgehead atoms. The molecule has 0 spiro atoms. The molecule has 0 unspecified atom stereocenters. The third-order valence-corrected chi connectivity index (χ3v) is 2.59. The van der Waals surface area contributed by atoms with E-state index < -0.39 is 43.0 Å². The molecule has 1 saturated carbocycles. The molecule has 6 atom stereocenters. The van der Waals surface area contributed by atoms with Crippen LogP contribution in [0.15, 0.2) is 0 Å². The minimum absolute atomic E-state index is 0.441. The first-order chi connectivity index (χ1) is 6.00. The van der Waals surface area contributed by atoms with Crippen LogP contribution >= 0.6 is 0 Å². The molecule has 0 aromatic heterocycles. The van der Waals surface area contributed by atoms with Crippen LogP contribution in [-0.4, -0.2) is 62.6 Å². The summed E-state index contributed by atoms with van der Waals surface area (Å²) in [7, 11) is 0. The molecule has 0 radical (unpaired) electrons. The number of rotatable bonds is 1. The summed E-state index contributed by atoms with van der Waals surface area (Å²) in [5.74, 6) is -0.812. The molecule has 1 rings (SSSR count). The minimum Gasteiger partial charge on any atom is -0.396 e. The highest BCUT2D eigenvalue weighted by atomic mass is 16.4. The Morgan fingerprint density at radius 1 is 0.846 bits per heavy atom. The van der Waals surface area contributed by atoms with Gasteiger partial charge in [0.25, 0.3) is 0 Å². The predicted molar refractivity (Wildman–Crippen MR) is 42.6 cm³/mol. The van der Waals surface area contributed by atoms with Crippen LogP contribution in [0.5, 0.6) is 0 Å². The lowest BCUT2D eigenvalue weighted by Crippen LogP contribution is -2.64. The van der Waals surface area contributed by atoms with Gasteiger partial charge in [-0.3, -0.25) is 0 Å². The molecule has 1 aliphatic carbocycles. The van der Waals surface area contributed by atoms with Crippen molar-refractivity contribution in [3.63, 3.8) is 0 Å². The first-order valence-corrected chi connectivity index (χ1v) is 4.09. The van der Waals surface area contributed by atoms with E-state index in [2.05, 4.69) is 0 Å². The lowest BCUT2D eigenvalue weighted by molar-refractivity contribution is -0.171. The average molecular weight is 193 g/mol. The van der Waals surface area contributed by atoms with Gasteiger partial charge in [0, 0.05) is 12.0 Å². The second kappa shape index (κ2) is 3.87. The molecule has 0 heterocycles. The Balaban J connectivity index is 2.79. The standard InChI is InChI=1S/C7H15NO5/c8-3-2(1-9)4(10)6(12)7(13)5(3)11/h2-7,9-13H,1,8H2/t2-,3+,4-,5-,6+,7+/m0/s1. The fraction of sp³-hybridized carbons (Fsp3) is 1.00. The topological polar surface area (TPSA) is 127 Å². The summed E-state index contributed by atoms with van der Waals surface area (Å²) in [5, 5.41) is 45.8. The van der Waals surface area contributed by atoms with Gasteiger partial charge in [-0.15, -0.1) is 0 Å². The Kier molecular flexibility index (Phi) is 3.23. The Morgan fingerprint density at radius 2 is 1.31 bits per heavy atom. The van der Waals surface area contributed by atoms with Crippen molar-refractivity contribution >= 4 is 0 Å². The molecule has 6 nitrogen and oxygen atoms in total. The van der Waals surface area contributed by atoms with Gasteiger partial charge in [0.05, 0.1) is 18.8 Å². The van der Waals surface area contributed by atoms with Crippen molar-refractivity contribution in [2.75, 3.05) is 6.61 Å². The van der Waals surface area contributed by atoms with Crippen LogP contribution in [0.4, 0.5) is 0 Å². The molecule has 7 N–H and O–H groups in total. The Hall–Kier alpha value is -0.240. The van der Waals surface area contributed by atoms with Crippen LogP contribution in [0.2, 0.25) is 0 Å². The zero-order chi connectivity index (χ0) is 10.2. The highest BCUT2D eigenvalue weighted by Crippen LogP contribution is 2.24. The minimum atomic E-state index is -1.47. The van der Waals surface area contributed by atoms with Gasteiger partial charge in [-0.2, -0.15) is 0 Å². The number of nitrogens with two attached hydrogens (primary N) is 1. The zero-order valence-corrected chi connectivity index (χ0v) is 6.98. The van der Waals surface area contributed by atoms with E-state index in [4.69, 9.17) is 10.8 Å². The highest BCUT2D eigenvalue weighted by Gasteiger charge is 2.46. The van der Waals surface area contributed by atoms with Gasteiger partial charge in [-0.1, -0.05) is 0 Å². The molecule has 0 saturated heterocycles. The van der Waals surface area contributed by atoms with Crippen molar-refractivity contribution in [2.45, 2.75) is 30.5 Å². The lowest BCUT2D eigenvalue weighted by Gasteiger charge is -2.41. The fourth-order valence-electron chi connectivity index (χ4n) is 1.60. The second-order valence-electron chi connectivity index (χ2n) is 3.39. The number of aliphatic hydroxyl groups is 5. The van der Waals surface area contributed by atoms with Gasteiger partial charge in [0.15, 0.2) is 0 Å². The molecule has 0 amide bonds. The highest BCUT2D eigenvalue weighted by molar-refractivity contribution is 4.99. The van der Waals surface area contributed by atoms with Crippen molar-refractivity contribution in [1.82, 2.24) is 0 Å². The molecule has 0 aliphatic heterocycles. The van der Waals surface area contributed by atoms with E-state index in [9.17, 15) is 20.4 Å². The van der Waals surface area contributed by atoms with Crippen LogP contribution in [0.25, 0.3) is 0 Å². The molecule has 0 aromatic carbocycles. The van der Waals surface area contributed by atoms with E-state index in [0.29, 0.717) is 0 Å². The number of hydrogen-bond donors (Lipinski definition) is 6. The molecule has 0 aromatic rings. The van der Waals surface area contributed by atoms with Gasteiger partial charge in [0.1, 0.15) is 12.2 Å². The van der Waals surface area contributed by atoms with E-state index in [1.165, 1.54) is 0 Å². The summed E-state index contributed by atoms with van der Waals surface area (Å²) in [5.41, 5.74) is 5.43. The molecule has 78 valence electrons. The number of aliphatic hydroxyl groups excluding tert-OH is 5. The van der Waals surface area contributed by atoms with Crippen molar-refractivity contribution in [3.8, 4) is 0 Å². The van der Waals surface area contributed by atoms with Crippen LogP contribution < -0.4 is 5.73 Å². The van der Waals surface area contributed by atoms with Gasteiger partial charge in [0.2, 0.25) is 0 Å². The van der Waals surface area contributed by atoms with Gasteiger partial charge in [-0.25, -0.2) is 0 Å². The van der Waals surface area contributed by atoms with Crippen molar-refractivity contribution in [2.24, 2.45) is 11.7 Å². The Labute approximate surface area is 75.2 Å². The van der Waals surface area contributed by atoms with Crippen molar-refractivity contribution in [3.05, 3.63) is 0 Å². The first-order valence-electron chi connectivity index (χ1n) is 4.09. The summed E-state index contributed by atoms with van der Waals surface area (Å²) in [6.07, 6.45) is -5.56. The lowest BCUT2D eigenvalue weighted by atomic mass is 9.78. The van der Waals surface area contributed by atoms with E-state index in [1.54, 1.807) is 0 Å². The molecule has 1 aliphatic rings. The predicted octanol–water partition coefficient (Wildman–Crippen LogP) is -3.62. The maximum absolute atomic E-state index is 9.33. The first kappa shape index (κ1) is 10.8. The van der Waals surface area contributed by atoms with Crippen LogP contribution in [0.1, 0.15) is 0 Å². The van der Waals surface area contributed by atoms with E-state index >= 15 is 0 Å². The summed E-state index contributed by atoms with van der Waals surface area (Å²) in [6, 6.07) is -0.932. The third-order valence-electron chi connectivity index (χ3n) is 2.59. The van der Waals surface area contributed by atoms with Gasteiger partial charge < -0.3 is 31.3 Å². The second-order valence-corrected chi connectivity index (χ2v) is 3.39. The molecule has 1 fully saturated rings. The fourth-order valence-corrected chi connectivity index (χ4v) is 1.60. The van der Waals surface area contributed by atoms with Crippen LogP contribution in [0, 0.1) is 5.92 Å². The zero-order valence-electron chi connectivity index (χ0n) is 6.98. The Bertz CT molecular complexity index is 162. The van der Waals surface area contributed by atoms with Crippen LogP contribution in [-0.2, 0) is 0 Å². The van der Waals surface area contributed by atoms with Gasteiger partial charge in [-0.05, 0) is 0 Å². The van der Waals surface area contributed by atoms with Gasteiger partial charge >= 0.3 is 0 Å². The van der Waals surface area contributed by atoms with E-state index in [1.807, 2.05) is 0 Å². The van der Waals surface area contributed by atoms with E-state index in [0.717, 1.165) is 0 Å². The van der Waals surface area contributed by atoms with Crippen molar-refractivity contribution in [1.29, 1.82) is 0 Å². The quantitative estimate of drug-likeness (QED) is 0.255. The Morgan fingerprint density at radius 3 is 1.77 bits per heavy atom. The molecular formula is C7H15NO5. The summed E-state index contributed by atoms with van der Waals surface area (Å²) < 4.78 is 0. The van der Waals surface area contributed by atoms with E-state index in [-0.39, 0.29) is 0 Å². The van der Waals surface area contributed by atoms with Crippen LogP contribution in [0.3, 0.4) is 0 Å². The average Bonchev–Trinajstić information content (AvgIpc) is 2.13. The molecule has 6 heteroatoms. The normalized spacial score (nSPS) is 52.2. The molecule has 13 heavy (non-hydrogen) atoms. The maximum atomic E-state index is 9.33. The largest absolute Gasteiger partial charge is 0.396 e. The number of hydrogen-bond acceptors (Lipinski definition) is 6. The summed E-state index contributed by atoms with van der Waals surface area (Å²) >= 11 is 0. The summed E-state index contributed by atoms with van der Waals surface area (Å²) in [4.78, 5) is 0. The third kappa shape index (κ3) is 1.69. The smallest absolute Gasteiger partial charge is 0.110 e. The maximum Gasteiger partial charge on any atom is 0.110 e. The summed E-state index contributed by atoms with van der Waals surface area (Å²) in [6.45, 7) is -0.441. The van der Waals surface area contributed by atoms with Crippen molar-refractivity contribution < 1.29 is 25.5 Å². The SMILES string of the molecule is N[C@H]1[C@H](O)[C@@H](O)[C@H](O)[C@@H](O)[C@H]1CO.